The summed E-state index contributed by atoms with van der Waals surface area (Å²) in [6.45, 7) is 4.80. The number of aryl methyl sites for hydroxylation is 1. The predicted molar refractivity (Wildman–Crippen MR) is 229 cm³/mol. The first-order valence-corrected chi connectivity index (χ1v) is 21.1. The van der Waals surface area contributed by atoms with Crippen LogP contribution in [-0.4, -0.2) is 138 Å². The average molecular weight is 884 g/mol. The maximum Gasteiger partial charge on any atom is 0.322 e. The summed E-state index contributed by atoms with van der Waals surface area (Å²) in [5.41, 5.74) is 5.17. The van der Waals surface area contributed by atoms with Gasteiger partial charge in [0.2, 0.25) is 11.8 Å². The lowest BCUT2D eigenvalue weighted by atomic mass is 10.0. The second kappa shape index (κ2) is 24.3. The van der Waals surface area contributed by atoms with Gasteiger partial charge in [0, 0.05) is 49.2 Å². The van der Waals surface area contributed by atoms with Crippen LogP contribution in [0.3, 0.4) is 0 Å². The summed E-state index contributed by atoms with van der Waals surface area (Å²) >= 11 is 0. The molecule has 340 valence electrons. The Balaban J connectivity index is 0.774. The van der Waals surface area contributed by atoms with Gasteiger partial charge in [-0.1, -0.05) is 41.6 Å². The topological polar surface area (TPSA) is 245 Å². The zero-order chi connectivity index (χ0) is 45.1. The SMILES string of the molecule is O=C1CCC(N2C(=O)c3cccc(NCCOCCOCCOCCOCCn4cc(CCCCN(Cc5ccc(C(=O)NO)cc5)C(=O)Nc5ccccc5)nn4)c3C2=O)C(=O)N1. The predicted octanol–water partition coefficient (Wildman–Crippen LogP) is 3.03. The van der Waals surface area contributed by atoms with E-state index in [0.29, 0.717) is 102 Å². The monoisotopic (exact) mass is 883 g/mol. The number of benzene rings is 3. The van der Waals surface area contributed by atoms with Gasteiger partial charge in [-0.3, -0.25) is 39.4 Å². The highest BCUT2D eigenvalue weighted by atomic mass is 16.6. The number of aromatic nitrogens is 3. The summed E-state index contributed by atoms with van der Waals surface area (Å²) in [6, 6.07) is 19.6. The number of imide groups is 2. The fraction of sp³-hybridized carbons (Fsp3) is 0.409. The summed E-state index contributed by atoms with van der Waals surface area (Å²) < 4.78 is 24.2. The Kier molecular flexibility index (Phi) is 17.8. The van der Waals surface area contributed by atoms with E-state index in [2.05, 4.69) is 26.3 Å². The molecule has 1 aromatic heterocycles. The van der Waals surface area contributed by atoms with Crippen molar-refractivity contribution in [1.82, 2.24) is 35.6 Å². The number of hydrogen-bond acceptors (Lipinski definition) is 14. The summed E-state index contributed by atoms with van der Waals surface area (Å²) in [7, 11) is 0. The molecule has 0 bridgehead atoms. The van der Waals surface area contributed by atoms with E-state index in [1.165, 1.54) is 0 Å². The van der Waals surface area contributed by atoms with Crippen molar-refractivity contribution >= 4 is 46.9 Å². The van der Waals surface area contributed by atoms with Gasteiger partial charge < -0.3 is 34.5 Å². The lowest BCUT2D eigenvalue weighted by Crippen LogP contribution is -2.54. The van der Waals surface area contributed by atoms with Crippen LogP contribution in [0, 0.1) is 0 Å². The molecule has 0 spiro atoms. The van der Waals surface area contributed by atoms with Gasteiger partial charge in [0.1, 0.15) is 6.04 Å². The number of nitrogens with one attached hydrogen (secondary N) is 4. The van der Waals surface area contributed by atoms with E-state index in [4.69, 9.17) is 24.2 Å². The molecule has 1 fully saturated rings. The van der Waals surface area contributed by atoms with Gasteiger partial charge in [0.25, 0.3) is 17.7 Å². The lowest BCUT2D eigenvalue weighted by molar-refractivity contribution is -0.136. The third kappa shape index (κ3) is 13.5. The van der Waals surface area contributed by atoms with Crippen molar-refractivity contribution in [1.29, 1.82) is 0 Å². The first-order chi connectivity index (χ1) is 31.2. The van der Waals surface area contributed by atoms with Crippen LogP contribution in [0.4, 0.5) is 16.2 Å². The molecule has 6 rings (SSSR count). The molecule has 2 aliphatic heterocycles. The normalized spacial score (nSPS) is 14.6. The molecule has 3 aromatic carbocycles. The number of unbranched alkanes of at least 4 members (excludes halogenated alkanes) is 1. The quantitative estimate of drug-likeness (QED) is 0.0264. The Hall–Kier alpha value is -6.58. The van der Waals surface area contributed by atoms with E-state index in [1.54, 1.807) is 57.5 Å². The van der Waals surface area contributed by atoms with Crippen LogP contribution in [0.2, 0.25) is 0 Å². The molecule has 1 unspecified atom stereocenters. The number of ether oxygens (including phenoxy) is 4. The fourth-order valence-corrected chi connectivity index (χ4v) is 7.03. The molecule has 2 aliphatic rings. The fourth-order valence-electron chi connectivity index (χ4n) is 7.03. The summed E-state index contributed by atoms with van der Waals surface area (Å²) in [5, 5.41) is 25.6. The number of amides is 7. The minimum atomic E-state index is -1.02. The minimum Gasteiger partial charge on any atom is -0.382 e. The van der Waals surface area contributed by atoms with E-state index in [1.807, 2.05) is 36.5 Å². The summed E-state index contributed by atoms with van der Waals surface area (Å²) in [4.78, 5) is 77.7. The van der Waals surface area contributed by atoms with Crippen LogP contribution in [0.1, 0.15) is 68.0 Å². The number of fused-ring (bicyclic) bond motifs is 1. The van der Waals surface area contributed by atoms with Crippen molar-refractivity contribution in [3.8, 4) is 0 Å². The first-order valence-electron chi connectivity index (χ1n) is 21.1. The van der Waals surface area contributed by atoms with Gasteiger partial charge in [-0.05, 0) is 67.6 Å². The number of rotatable bonds is 26. The molecule has 1 atom stereocenters. The number of anilines is 2. The molecular formula is C44H53N9O11. The molecular weight excluding hydrogens is 831 g/mol. The molecule has 3 heterocycles. The highest BCUT2D eigenvalue weighted by Gasteiger charge is 2.45. The van der Waals surface area contributed by atoms with Gasteiger partial charge in [0.05, 0.1) is 76.2 Å². The molecule has 1 saturated heterocycles. The highest BCUT2D eigenvalue weighted by molar-refractivity contribution is 6.25. The van der Waals surface area contributed by atoms with E-state index < -0.39 is 35.6 Å². The Morgan fingerprint density at radius 1 is 0.812 bits per heavy atom. The van der Waals surface area contributed by atoms with Gasteiger partial charge in [-0.25, -0.2) is 15.0 Å². The average Bonchev–Trinajstić information content (AvgIpc) is 3.86. The Bertz CT molecular complexity index is 2200. The van der Waals surface area contributed by atoms with Crippen molar-refractivity contribution in [2.24, 2.45) is 0 Å². The zero-order valence-corrected chi connectivity index (χ0v) is 35.4. The number of urea groups is 1. The number of nitrogens with zero attached hydrogens (tertiary/aromatic N) is 5. The van der Waals surface area contributed by atoms with Gasteiger partial charge in [-0.15, -0.1) is 5.10 Å². The molecule has 20 heteroatoms. The molecule has 64 heavy (non-hydrogen) atoms. The number of hydroxylamine groups is 1. The largest absolute Gasteiger partial charge is 0.382 e. The van der Waals surface area contributed by atoms with Crippen LogP contribution in [0.5, 0.6) is 0 Å². The van der Waals surface area contributed by atoms with Crippen LogP contribution in [-0.2, 0) is 48.0 Å². The number of para-hydroxylation sites is 1. The molecule has 0 aliphatic carbocycles. The lowest BCUT2D eigenvalue weighted by Gasteiger charge is -2.27. The van der Waals surface area contributed by atoms with Crippen molar-refractivity contribution in [2.45, 2.75) is 51.2 Å². The second-order valence-corrected chi connectivity index (χ2v) is 14.8. The molecule has 5 N–H and O–H groups in total. The third-order valence-corrected chi connectivity index (χ3v) is 10.3. The molecule has 0 saturated carbocycles. The van der Waals surface area contributed by atoms with Gasteiger partial charge in [-0.2, -0.15) is 0 Å². The first kappa shape index (κ1) is 46.9. The van der Waals surface area contributed by atoms with Crippen molar-refractivity contribution in [3.05, 3.63) is 107 Å². The Morgan fingerprint density at radius 3 is 2.22 bits per heavy atom. The molecule has 20 nitrogen and oxygen atoms in total. The van der Waals surface area contributed by atoms with Crippen LogP contribution >= 0.6 is 0 Å². The van der Waals surface area contributed by atoms with Crippen LogP contribution < -0.4 is 21.4 Å². The van der Waals surface area contributed by atoms with Crippen LogP contribution in [0.15, 0.2) is 79.0 Å². The molecule has 7 amide bonds. The Labute approximate surface area is 369 Å². The summed E-state index contributed by atoms with van der Waals surface area (Å²) in [5.74, 6) is -2.81. The van der Waals surface area contributed by atoms with Crippen molar-refractivity contribution < 1.29 is 52.9 Å². The number of piperidine rings is 1. The molecule has 0 radical (unpaired) electrons. The number of hydrogen-bond donors (Lipinski definition) is 5. The van der Waals surface area contributed by atoms with Gasteiger partial charge in [0.15, 0.2) is 0 Å². The van der Waals surface area contributed by atoms with E-state index in [-0.39, 0.29) is 30.0 Å². The minimum absolute atomic E-state index is 0.0548. The van der Waals surface area contributed by atoms with Crippen molar-refractivity contribution in [3.63, 3.8) is 0 Å². The smallest absolute Gasteiger partial charge is 0.322 e. The number of carbonyl (C=O) groups excluding carboxylic acids is 6. The standard InChI is InChI=1S/C44H53N9O11/c54-38-17-16-37(41(56)47-38)53-42(57)35-10-6-11-36(39(35)43(53)58)45-18-21-61-23-25-63-27-28-64-26-24-62-22-20-52-30-34(48-50-52)9-4-5-19-51(44(59)46-33-7-2-1-3-8-33)29-31-12-14-32(15-13-31)40(55)49-60/h1-3,6-8,10-15,30,37,45,60H,4-5,9,16-29H2,(H,46,59)(H,49,55)(H,47,54,56). The van der Waals surface area contributed by atoms with Gasteiger partial charge >= 0.3 is 6.03 Å². The highest BCUT2D eigenvalue weighted by Crippen LogP contribution is 2.32. The molecule has 4 aromatic rings. The van der Waals surface area contributed by atoms with E-state index in [0.717, 1.165) is 29.0 Å². The number of carbonyl (C=O) groups is 6. The maximum atomic E-state index is 13.2. The van der Waals surface area contributed by atoms with Crippen LogP contribution in [0.25, 0.3) is 0 Å². The van der Waals surface area contributed by atoms with E-state index in [9.17, 15) is 28.8 Å². The van der Waals surface area contributed by atoms with Crippen molar-refractivity contribution in [2.75, 3.05) is 76.6 Å². The maximum absolute atomic E-state index is 13.2. The summed E-state index contributed by atoms with van der Waals surface area (Å²) in [6.07, 6.45) is 4.24. The Morgan fingerprint density at radius 2 is 1.52 bits per heavy atom. The van der Waals surface area contributed by atoms with E-state index >= 15 is 0 Å². The zero-order valence-electron chi connectivity index (χ0n) is 35.4. The second-order valence-electron chi connectivity index (χ2n) is 14.8. The third-order valence-electron chi connectivity index (χ3n) is 10.3.